The second-order valence-electron chi connectivity index (χ2n) is 8.57. The molecule has 2 atom stereocenters. The van der Waals surface area contributed by atoms with Gasteiger partial charge in [0.25, 0.3) is 0 Å². The zero-order valence-corrected chi connectivity index (χ0v) is 19.8. The third kappa shape index (κ3) is 7.48. The summed E-state index contributed by atoms with van der Waals surface area (Å²) in [7, 11) is 1.65. The lowest BCUT2D eigenvalue weighted by molar-refractivity contribution is -0.00734. The molecule has 0 unspecified atom stereocenters. The third-order valence-corrected chi connectivity index (χ3v) is 5.57. The van der Waals surface area contributed by atoms with E-state index in [0.717, 1.165) is 22.6 Å². The lowest BCUT2D eigenvalue weighted by atomic mass is 10.0. The molecule has 1 aliphatic heterocycles. The normalized spacial score (nSPS) is 16.8. The Labute approximate surface area is 195 Å². The van der Waals surface area contributed by atoms with Crippen LogP contribution in [0.2, 0.25) is 5.02 Å². The summed E-state index contributed by atoms with van der Waals surface area (Å²) in [5, 5.41) is 15.6. The Morgan fingerprint density at radius 3 is 2.59 bits per heavy atom. The summed E-state index contributed by atoms with van der Waals surface area (Å²) in [6, 6.07) is 15.6. The first kappa shape index (κ1) is 24.5. The number of halogens is 1. The van der Waals surface area contributed by atoms with Gasteiger partial charge in [0, 0.05) is 37.7 Å². The van der Waals surface area contributed by atoms with Crippen LogP contribution in [0.5, 0.6) is 5.75 Å². The molecule has 1 heterocycles. The topological polar surface area (TPSA) is 63.5 Å². The van der Waals surface area contributed by atoms with Gasteiger partial charge < -0.3 is 19.4 Å². The van der Waals surface area contributed by atoms with Crippen molar-refractivity contribution >= 4 is 17.3 Å². The molecule has 0 amide bonds. The molecule has 0 bridgehead atoms. The lowest BCUT2D eigenvalue weighted by Crippen LogP contribution is -2.39. The highest BCUT2D eigenvalue weighted by Crippen LogP contribution is 2.22. The summed E-state index contributed by atoms with van der Waals surface area (Å²) in [6.07, 6.45) is 0.00339. The lowest BCUT2D eigenvalue weighted by Gasteiger charge is -2.27. The fourth-order valence-electron chi connectivity index (χ4n) is 3.63. The van der Waals surface area contributed by atoms with Crippen molar-refractivity contribution in [2.24, 2.45) is 11.1 Å². The van der Waals surface area contributed by atoms with Crippen molar-refractivity contribution in [2.45, 2.75) is 39.0 Å². The Balaban J connectivity index is 1.61. The SMILES string of the molecule is COc1ccc(C2=NO[C@@H](CN(Cc3ccccc3Cl)C[C@H](O)COCC(C)C)C2)cc1. The van der Waals surface area contributed by atoms with E-state index in [9.17, 15) is 5.11 Å². The molecule has 32 heavy (non-hydrogen) atoms. The van der Waals surface area contributed by atoms with Crippen LogP contribution < -0.4 is 4.74 Å². The number of methoxy groups -OCH3 is 1. The molecule has 2 aromatic rings. The Kier molecular flexibility index (Phi) is 9.36. The van der Waals surface area contributed by atoms with Crippen molar-refractivity contribution in [3.8, 4) is 5.75 Å². The molecule has 6 nitrogen and oxygen atoms in total. The first-order valence-electron chi connectivity index (χ1n) is 11.0. The first-order chi connectivity index (χ1) is 15.4. The zero-order chi connectivity index (χ0) is 22.9. The van der Waals surface area contributed by atoms with Crippen LogP contribution in [0.1, 0.15) is 31.4 Å². The van der Waals surface area contributed by atoms with E-state index in [0.29, 0.717) is 50.2 Å². The highest BCUT2D eigenvalue weighted by Gasteiger charge is 2.26. The van der Waals surface area contributed by atoms with Crippen LogP contribution in [-0.4, -0.2) is 61.3 Å². The molecule has 3 rings (SSSR count). The van der Waals surface area contributed by atoms with Crippen molar-refractivity contribution in [1.29, 1.82) is 0 Å². The van der Waals surface area contributed by atoms with Crippen LogP contribution in [0.3, 0.4) is 0 Å². The number of hydrogen-bond acceptors (Lipinski definition) is 6. The minimum absolute atomic E-state index is 0.0987. The molecule has 0 aromatic heterocycles. The summed E-state index contributed by atoms with van der Waals surface area (Å²) in [5.41, 5.74) is 2.95. The van der Waals surface area contributed by atoms with E-state index < -0.39 is 6.10 Å². The molecule has 0 spiro atoms. The maximum absolute atomic E-state index is 10.6. The van der Waals surface area contributed by atoms with Crippen LogP contribution in [0.15, 0.2) is 53.7 Å². The number of ether oxygens (including phenoxy) is 2. The van der Waals surface area contributed by atoms with Gasteiger partial charge in [-0.15, -0.1) is 0 Å². The molecular weight excluding hydrogens is 428 g/mol. The Bertz CT molecular complexity index is 873. The van der Waals surface area contributed by atoms with E-state index in [1.54, 1.807) is 7.11 Å². The Morgan fingerprint density at radius 1 is 1.16 bits per heavy atom. The van der Waals surface area contributed by atoms with E-state index in [1.165, 1.54) is 0 Å². The maximum Gasteiger partial charge on any atom is 0.145 e. The predicted molar refractivity (Wildman–Crippen MR) is 127 cm³/mol. The zero-order valence-electron chi connectivity index (χ0n) is 19.0. The third-order valence-electron chi connectivity index (χ3n) is 5.20. The fraction of sp³-hybridized carbons (Fsp3) is 0.480. The van der Waals surface area contributed by atoms with Crippen molar-refractivity contribution in [3.63, 3.8) is 0 Å². The average Bonchev–Trinajstić information content (AvgIpc) is 3.23. The van der Waals surface area contributed by atoms with Gasteiger partial charge in [-0.3, -0.25) is 4.90 Å². The van der Waals surface area contributed by atoms with Gasteiger partial charge in [0.2, 0.25) is 0 Å². The van der Waals surface area contributed by atoms with Gasteiger partial charge in [0.15, 0.2) is 0 Å². The van der Waals surface area contributed by atoms with Crippen molar-refractivity contribution < 1.29 is 19.4 Å². The maximum atomic E-state index is 10.6. The highest BCUT2D eigenvalue weighted by molar-refractivity contribution is 6.31. The van der Waals surface area contributed by atoms with Crippen LogP contribution in [-0.2, 0) is 16.1 Å². The van der Waals surface area contributed by atoms with Crippen molar-refractivity contribution in [2.75, 3.05) is 33.4 Å². The molecular formula is C25H33ClN2O4. The standard InChI is InChI=1S/C25H33ClN2O4/c1-18(2)16-31-17-21(29)14-28(13-20-6-4-5-7-24(20)26)15-23-12-25(27-32-23)19-8-10-22(30-3)11-9-19/h4-11,18,21,23,29H,12-17H2,1-3H3/t21-,23+/m0/s1. The van der Waals surface area contributed by atoms with Gasteiger partial charge in [-0.25, -0.2) is 0 Å². The van der Waals surface area contributed by atoms with Gasteiger partial charge in [-0.05, 0) is 47.4 Å². The molecule has 0 fully saturated rings. The molecule has 0 aliphatic carbocycles. The van der Waals surface area contributed by atoms with E-state index in [-0.39, 0.29) is 6.10 Å². The molecule has 174 valence electrons. The molecule has 2 aromatic carbocycles. The Hall–Kier alpha value is -2.12. The fourth-order valence-corrected chi connectivity index (χ4v) is 3.83. The van der Waals surface area contributed by atoms with Crippen LogP contribution in [0.4, 0.5) is 0 Å². The van der Waals surface area contributed by atoms with Crippen LogP contribution >= 0.6 is 11.6 Å². The van der Waals surface area contributed by atoms with E-state index in [1.807, 2.05) is 48.5 Å². The summed E-state index contributed by atoms with van der Waals surface area (Å²) in [6.45, 7) is 6.81. The second-order valence-corrected chi connectivity index (χ2v) is 8.98. The summed E-state index contributed by atoms with van der Waals surface area (Å²) in [4.78, 5) is 7.89. The number of aliphatic hydroxyl groups excluding tert-OH is 1. The molecule has 0 radical (unpaired) electrons. The first-order valence-corrected chi connectivity index (χ1v) is 11.4. The van der Waals surface area contributed by atoms with Gasteiger partial charge in [-0.2, -0.15) is 0 Å². The van der Waals surface area contributed by atoms with Gasteiger partial charge in [0.05, 0.1) is 25.5 Å². The minimum atomic E-state index is -0.598. The average molecular weight is 461 g/mol. The largest absolute Gasteiger partial charge is 0.497 e. The smallest absolute Gasteiger partial charge is 0.145 e. The number of benzene rings is 2. The summed E-state index contributed by atoms with van der Waals surface area (Å²) >= 11 is 6.39. The number of nitrogens with zero attached hydrogens (tertiary/aromatic N) is 2. The van der Waals surface area contributed by atoms with Gasteiger partial charge in [-0.1, -0.05) is 48.8 Å². The van der Waals surface area contributed by atoms with E-state index in [2.05, 4.69) is 23.9 Å². The summed E-state index contributed by atoms with van der Waals surface area (Å²) in [5.74, 6) is 1.24. The van der Waals surface area contributed by atoms with Crippen LogP contribution in [0.25, 0.3) is 0 Å². The molecule has 0 saturated carbocycles. The van der Waals surface area contributed by atoms with Crippen molar-refractivity contribution in [3.05, 3.63) is 64.7 Å². The van der Waals surface area contributed by atoms with Crippen molar-refractivity contribution in [1.82, 2.24) is 4.90 Å². The van der Waals surface area contributed by atoms with E-state index >= 15 is 0 Å². The predicted octanol–water partition coefficient (Wildman–Crippen LogP) is 4.38. The number of rotatable bonds is 12. The summed E-state index contributed by atoms with van der Waals surface area (Å²) < 4.78 is 10.9. The minimum Gasteiger partial charge on any atom is -0.497 e. The van der Waals surface area contributed by atoms with E-state index in [4.69, 9.17) is 25.9 Å². The van der Waals surface area contributed by atoms with Gasteiger partial charge >= 0.3 is 0 Å². The molecule has 0 saturated heterocycles. The molecule has 1 aliphatic rings. The number of hydrogen-bond donors (Lipinski definition) is 1. The Morgan fingerprint density at radius 2 is 1.91 bits per heavy atom. The highest BCUT2D eigenvalue weighted by atomic mass is 35.5. The molecule has 1 N–H and O–H groups in total. The quantitative estimate of drug-likeness (QED) is 0.509. The number of aliphatic hydroxyl groups is 1. The van der Waals surface area contributed by atoms with Gasteiger partial charge in [0.1, 0.15) is 11.9 Å². The second kappa shape index (κ2) is 12.2. The monoisotopic (exact) mass is 460 g/mol. The number of oxime groups is 1. The molecule has 7 heteroatoms. The van der Waals surface area contributed by atoms with Crippen LogP contribution in [0, 0.1) is 5.92 Å².